The van der Waals surface area contributed by atoms with Crippen molar-refractivity contribution in [1.29, 1.82) is 0 Å². The van der Waals surface area contributed by atoms with E-state index in [0.717, 1.165) is 12.8 Å². The van der Waals surface area contributed by atoms with Crippen molar-refractivity contribution in [2.75, 3.05) is 13.2 Å². The molecule has 0 aliphatic heterocycles. The molecule has 1 aromatic rings. The minimum absolute atomic E-state index is 0.0163. The Kier molecular flexibility index (Phi) is 4.30. The highest BCUT2D eigenvalue weighted by molar-refractivity contribution is 6.31. The van der Waals surface area contributed by atoms with Gasteiger partial charge in [-0.2, -0.15) is 0 Å². The Morgan fingerprint density at radius 1 is 1.61 bits per heavy atom. The molecule has 4 nitrogen and oxygen atoms in total. The van der Waals surface area contributed by atoms with E-state index in [1.54, 1.807) is 16.8 Å². The number of carbonyl (C=O) groups excluding carboxylic acids is 1. The SMILES string of the molecule is Cn1cc(Cl)cc1C(=O)N(CCCO)C1CCC1. The van der Waals surface area contributed by atoms with Crippen LogP contribution >= 0.6 is 11.6 Å². The van der Waals surface area contributed by atoms with Crippen LogP contribution in [0.3, 0.4) is 0 Å². The largest absolute Gasteiger partial charge is 0.396 e. The summed E-state index contributed by atoms with van der Waals surface area (Å²) in [6.07, 6.45) is 5.67. The van der Waals surface area contributed by atoms with Gasteiger partial charge in [-0.25, -0.2) is 0 Å². The monoisotopic (exact) mass is 270 g/mol. The second kappa shape index (κ2) is 5.76. The molecular formula is C13H19ClN2O2. The number of aromatic nitrogens is 1. The fourth-order valence-corrected chi connectivity index (χ4v) is 2.52. The summed E-state index contributed by atoms with van der Waals surface area (Å²) in [6, 6.07) is 2.03. The van der Waals surface area contributed by atoms with E-state index in [1.165, 1.54) is 6.42 Å². The lowest BCUT2D eigenvalue weighted by atomic mass is 9.91. The second-order valence-electron chi connectivity index (χ2n) is 4.81. The van der Waals surface area contributed by atoms with Crippen molar-refractivity contribution in [1.82, 2.24) is 9.47 Å². The van der Waals surface area contributed by atoms with E-state index in [9.17, 15) is 4.79 Å². The molecule has 0 radical (unpaired) electrons. The number of amides is 1. The van der Waals surface area contributed by atoms with Crippen molar-refractivity contribution in [2.24, 2.45) is 7.05 Å². The van der Waals surface area contributed by atoms with Gasteiger partial charge in [0.25, 0.3) is 5.91 Å². The Balaban J connectivity index is 2.13. The van der Waals surface area contributed by atoms with Gasteiger partial charge in [-0.3, -0.25) is 4.79 Å². The normalized spacial score (nSPS) is 15.5. The fraction of sp³-hybridized carbons (Fsp3) is 0.615. The zero-order chi connectivity index (χ0) is 13.1. The lowest BCUT2D eigenvalue weighted by Gasteiger charge is -2.37. The molecule has 1 fully saturated rings. The zero-order valence-corrected chi connectivity index (χ0v) is 11.4. The molecule has 0 aromatic carbocycles. The molecule has 2 rings (SSSR count). The summed E-state index contributed by atoms with van der Waals surface area (Å²) in [5.41, 5.74) is 0.616. The lowest BCUT2D eigenvalue weighted by molar-refractivity contribution is 0.0553. The maximum Gasteiger partial charge on any atom is 0.270 e. The number of hydrogen-bond donors (Lipinski definition) is 1. The first kappa shape index (κ1) is 13.4. The fourth-order valence-electron chi connectivity index (χ4n) is 2.27. The standard InChI is InChI=1S/C13H19ClN2O2/c1-15-9-10(14)8-12(15)13(18)16(6-3-7-17)11-4-2-5-11/h8-9,11,17H,2-7H2,1H3. The highest BCUT2D eigenvalue weighted by atomic mass is 35.5. The molecule has 0 unspecified atom stereocenters. The molecule has 1 aliphatic rings. The summed E-state index contributed by atoms with van der Waals surface area (Å²) in [5.74, 6) is 0.0163. The molecule has 5 heteroatoms. The van der Waals surface area contributed by atoms with Crippen molar-refractivity contribution in [3.05, 3.63) is 23.0 Å². The van der Waals surface area contributed by atoms with Crippen LogP contribution in [-0.2, 0) is 7.05 Å². The molecule has 100 valence electrons. The van der Waals surface area contributed by atoms with Crippen LogP contribution in [0, 0.1) is 0 Å². The number of aliphatic hydroxyl groups excluding tert-OH is 1. The van der Waals surface area contributed by atoms with Crippen LogP contribution < -0.4 is 0 Å². The number of aliphatic hydroxyl groups is 1. The molecule has 1 amide bonds. The highest BCUT2D eigenvalue weighted by Gasteiger charge is 2.30. The van der Waals surface area contributed by atoms with Gasteiger partial charge in [0.1, 0.15) is 5.69 Å². The van der Waals surface area contributed by atoms with Crippen LogP contribution in [-0.4, -0.2) is 39.7 Å². The molecular weight excluding hydrogens is 252 g/mol. The third kappa shape index (κ3) is 2.70. The third-order valence-corrected chi connectivity index (χ3v) is 3.73. The Hall–Kier alpha value is -1.00. The van der Waals surface area contributed by atoms with Crippen LogP contribution in [0.5, 0.6) is 0 Å². The third-order valence-electron chi connectivity index (χ3n) is 3.52. The minimum atomic E-state index is 0.0163. The second-order valence-corrected chi connectivity index (χ2v) is 5.25. The van der Waals surface area contributed by atoms with Gasteiger partial charge in [0.2, 0.25) is 0 Å². The van der Waals surface area contributed by atoms with Crippen LogP contribution in [0.4, 0.5) is 0 Å². The number of halogens is 1. The first-order chi connectivity index (χ1) is 8.63. The smallest absolute Gasteiger partial charge is 0.270 e. The van der Waals surface area contributed by atoms with E-state index in [4.69, 9.17) is 16.7 Å². The van der Waals surface area contributed by atoms with Crippen molar-refractivity contribution < 1.29 is 9.90 Å². The average molecular weight is 271 g/mol. The maximum atomic E-state index is 12.5. The van der Waals surface area contributed by atoms with E-state index in [0.29, 0.717) is 29.7 Å². The number of carbonyl (C=O) groups is 1. The summed E-state index contributed by atoms with van der Waals surface area (Å²) in [7, 11) is 1.82. The summed E-state index contributed by atoms with van der Waals surface area (Å²) in [6.45, 7) is 0.729. The van der Waals surface area contributed by atoms with Crippen LogP contribution in [0.1, 0.15) is 36.2 Å². The first-order valence-corrected chi connectivity index (χ1v) is 6.75. The summed E-state index contributed by atoms with van der Waals surface area (Å²) in [5, 5.41) is 9.51. The Morgan fingerprint density at radius 3 is 2.78 bits per heavy atom. The molecule has 1 aliphatic carbocycles. The van der Waals surface area contributed by atoms with Crippen LogP contribution in [0.2, 0.25) is 5.02 Å². The summed E-state index contributed by atoms with van der Waals surface area (Å²) in [4.78, 5) is 14.4. The van der Waals surface area contributed by atoms with Gasteiger partial charge in [-0.05, 0) is 31.7 Å². The maximum absolute atomic E-state index is 12.5. The highest BCUT2D eigenvalue weighted by Crippen LogP contribution is 2.27. The first-order valence-electron chi connectivity index (χ1n) is 6.37. The van der Waals surface area contributed by atoms with Gasteiger partial charge in [0.15, 0.2) is 0 Å². The quantitative estimate of drug-likeness (QED) is 0.890. The zero-order valence-electron chi connectivity index (χ0n) is 10.6. The molecule has 0 saturated heterocycles. The molecule has 18 heavy (non-hydrogen) atoms. The van der Waals surface area contributed by atoms with Crippen LogP contribution in [0.15, 0.2) is 12.3 Å². The van der Waals surface area contributed by atoms with E-state index in [1.807, 2.05) is 11.9 Å². The predicted molar refractivity (Wildman–Crippen MR) is 70.8 cm³/mol. The van der Waals surface area contributed by atoms with Gasteiger partial charge in [-0.1, -0.05) is 11.6 Å². The van der Waals surface area contributed by atoms with Crippen molar-refractivity contribution in [3.63, 3.8) is 0 Å². The van der Waals surface area contributed by atoms with Gasteiger partial charge in [-0.15, -0.1) is 0 Å². The Morgan fingerprint density at radius 2 is 2.33 bits per heavy atom. The Labute approximate surface area is 112 Å². The van der Waals surface area contributed by atoms with E-state index in [2.05, 4.69) is 0 Å². The van der Waals surface area contributed by atoms with Crippen molar-refractivity contribution >= 4 is 17.5 Å². The molecule has 0 atom stereocenters. The topological polar surface area (TPSA) is 45.5 Å². The molecule has 1 aromatic heterocycles. The number of hydrogen-bond acceptors (Lipinski definition) is 2. The molecule has 1 saturated carbocycles. The number of aryl methyl sites for hydroxylation is 1. The van der Waals surface area contributed by atoms with Gasteiger partial charge >= 0.3 is 0 Å². The van der Waals surface area contributed by atoms with E-state index >= 15 is 0 Å². The number of nitrogens with zero attached hydrogens (tertiary/aromatic N) is 2. The molecule has 0 bridgehead atoms. The molecule has 1 heterocycles. The lowest BCUT2D eigenvalue weighted by Crippen LogP contribution is -2.45. The van der Waals surface area contributed by atoms with Gasteiger partial charge < -0.3 is 14.6 Å². The minimum Gasteiger partial charge on any atom is -0.396 e. The predicted octanol–water partition coefficient (Wildman–Crippen LogP) is 2.06. The summed E-state index contributed by atoms with van der Waals surface area (Å²) >= 11 is 5.91. The molecule has 0 spiro atoms. The van der Waals surface area contributed by atoms with E-state index < -0.39 is 0 Å². The summed E-state index contributed by atoms with van der Waals surface area (Å²) < 4.78 is 1.76. The molecule has 1 N–H and O–H groups in total. The van der Waals surface area contributed by atoms with Crippen molar-refractivity contribution in [3.8, 4) is 0 Å². The average Bonchev–Trinajstić information content (AvgIpc) is 2.60. The Bertz CT molecular complexity index is 427. The van der Waals surface area contributed by atoms with Crippen molar-refractivity contribution in [2.45, 2.75) is 31.7 Å². The number of rotatable bonds is 5. The van der Waals surface area contributed by atoms with E-state index in [-0.39, 0.29) is 12.5 Å². The van der Waals surface area contributed by atoms with Gasteiger partial charge in [0, 0.05) is 32.4 Å². The van der Waals surface area contributed by atoms with Crippen LogP contribution in [0.25, 0.3) is 0 Å². The van der Waals surface area contributed by atoms with Gasteiger partial charge in [0.05, 0.1) is 5.02 Å².